The van der Waals surface area contributed by atoms with Crippen LogP contribution in [0.1, 0.15) is 26.2 Å². The third kappa shape index (κ3) is 4.58. The molecular weight excluding hydrogens is 409 g/mol. The van der Waals surface area contributed by atoms with Crippen molar-refractivity contribution in [3.05, 3.63) is 36.3 Å². The molecule has 1 atom stereocenters. The molecule has 4 rings (SSSR count). The molecule has 0 radical (unpaired) electrons. The number of piperidine rings is 1. The highest BCUT2D eigenvalue weighted by Gasteiger charge is 2.24. The highest BCUT2D eigenvalue weighted by molar-refractivity contribution is 7.76. The Morgan fingerprint density at radius 3 is 2.80 bits per heavy atom. The summed E-state index contributed by atoms with van der Waals surface area (Å²) in [6, 6.07) is 6.24. The Balaban J connectivity index is 1.63. The fourth-order valence-electron chi connectivity index (χ4n) is 3.54. The minimum absolute atomic E-state index is 0.111. The van der Waals surface area contributed by atoms with Crippen LogP contribution < -0.4 is 10.6 Å². The SMILES string of the molecule is CCCn1ncc2c(NC3CCN(S(=O)O)CC3)nc(Nc3cccc(F)c3)nc21. The third-order valence-electron chi connectivity index (χ3n) is 5.03. The smallest absolute Gasteiger partial charge is 0.234 e. The van der Waals surface area contributed by atoms with E-state index in [9.17, 15) is 13.2 Å². The Labute approximate surface area is 176 Å². The lowest BCUT2D eigenvalue weighted by Crippen LogP contribution is -2.39. The van der Waals surface area contributed by atoms with Crippen LogP contribution in [0.4, 0.5) is 21.8 Å². The number of anilines is 3. The number of hydrogen-bond donors (Lipinski definition) is 3. The molecule has 1 fully saturated rings. The summed E-state index contributed by atoms with van der Waals surface area (Å²) in [5.74, 6) is 0.649. The molecule has 1 unspecified atom stereocenters. The second-order valence-corrected chi connectivity index (χ2v) is 8.19. The predicted octanol–water partition coefficient (Wildman–Crippen LogP) is 3.13. The summed E-state index contributed by atoms with van der Waals surface area (Å²) in [5, 5.41) is 11.8. The van der Waals surface area contributed by atoms with Gasteiger partial charge in [0.25, 0.3) is 0 Å². The summed E-state index contributed by atoms with van der Waals surface area (Å²) < 4.78 is 37.4. The molecule has 0 aliphatic carbocycles. The third-order valence-corrected chi connectivity index (χ3v) is 5.83. The first-order chi connectivity index (χ1) is 14.5. The van der Waals surface area contributed by atoms with E-state index in [1.54, 1.807) is 18.3 Å². The van der Waals surface area contributed by atoms with Crippen molar-refractivity contribution in [2.45, 2.75) is 38.8 Å². The number of rotatable bonds is 7. The number of halogens is 1. The van der Waals surface area contributed by atoms with Crippen LogP contribution in [0, 0.1) is 5.82 Å². The van der Waals surface area contributed by atoms with E-state index in [-0.39, 0.29) is 11.9 Å². The summed E-state index contributed by atoms with van der Waals surface area (Å²) in [6.07, 6.45) is 4.09. The van der Waals surface area contributed by atoms with Crippen molar-refractivity contribution in [2.75, 3.05) is 23.7 Å². The van der Waals surface area contributed by atoms with Crippen LogP contribution in [0.5, 0.6) is 0 Å². The summed E-state index contributed by atoms with van der Waals surface area (Å²) in [6.45, 7) is 3.84. The van der Waals surface area contributed by atoms with E-state index in [2.05, 4.69) is 32.6 Å². The number of benzene rings is 1. The molecule has 3 N–H and O–H groups in total. The summed E-state index contributed by atoms with van der Waals surface area (Å²) in [7, 11) is 0. The second kappa shape index (κ2) is 9.02. The van der Waals surface area contributed by atoms with Crippen LogP contribution in [0.3, 0.4) is 0 Å². The predicted molar refractivity (Wildman–Crippen MR) is 114 cm³/mol. The first-order valence-electron chi connectivity index (χ1n) is 9.92. The fraction of sp³-hybridized carbons (Fsp3) is 0.421. The van der Waals surface area contributed by atoms with E-state index in [0.29, 0.717) is 49.0 Å². The molecule has 0 spiro atoms. The van der Waals surface area contributed by atoms with Gasteiger partial charge >= 0.3 is 0 Å². The first-order valence-corrected chi connectivity index (χ1v) is 11.0. The van der Waals surface area contributed by atoms with Gasteiger partial charge in [-0.05, 0) is 37.5 Å². The van der Waals surface area contributed by atoms with Crippen molar-refractivity contribution >= 4 is 39.8 Å². The quantitative estimate of drug-likeness (QED) is 0.491. The fourth-order valence-corrected chi connectivity index (χ4v) is 4.06. The monoisotopic (exact) mass is 433 g/mol. The molecule has 1 aliphatic rings. The highest BCUT2D eigenvalue weighted by Crippen LogP contribution is 2.26. The lowest BCUT2D eigenvalue weighted by atomic mass is 10.1. The Kier molecular flexibility index (Phi) is 6.21. The highest BCUT2D eigenvalue weighted by atomic mass is 32.2. The second-order valence-electron chi connectivity index (χ2n) is 7.21. The van der Waals surface area contributed by atoms with Crippen molar-refractivity contribution in [2.24, 2.45) is 0 Å². The van der Waals surface area contributed by atoms with Crippen LogP contribution >= 0.6 is 0 Å². The summed E-state index contributed by atoms with van der Waals surface area (Å²) in [4.78, 5) is 9.22. The minimum Gasteiger partial charge on any atom is -0.366 e. The van der Waals surface area contributed by atoms with Crippen LogP contribution in [0.2, 0.25) is 0 Å². The number of nitrogens with one attached hydrogen (secondary N) is 2. The van der Waals surface area contributed by atoms with Gasteiger partial charge in [-0.15, -0.1) is 0 Å². The number of fused-ring (bicyclic) bond motifs is 1. The molecule has 160 valence electrons. The maximum atomic E-state index is 13.6. The van der Waals surface area contributed by atoms with Gasteiger partial charge < -0.3 is 10.6 Å². The zero-order valence-corrected chi connectivity index (χ0v) is 17.4. The number of aromatic nitrogens is 4. The van der Waals surface area contributed by atoms with Gasteiger partial charge in [0.15, 0.2) is 5.65 Å². The normalized spacial score (nSPS) is 16.6. The Bertz CT molecular complexity index is 1050. The van der Waals surface area contributed by atoms with Gasteiger partial charge in [-0.3, -0.25) is 4.55 Å². The minimum atomic E-state index is -1.94. The van der Waals surface area contributed by atoms with E-state index in [4.69, 9.17) is 0 Å². The molecule has 2 aromatic heterocycles. The lowest BCUT2D eigenvalue weighted by molar-refractivity contribution is 0.323. The largest absolute Gasteiger partial charge is 0.366 e. The molecular formula is C19H24FN7O2S. The van der Waals surface area contributed by atoms with Gasteiger partial charge in [0, 0.05) is 31.4 Å². The van der Waals surface area contributed by atoms with Gasteiger partial charge in [0.05, 0.1) is 11.6 Å². The van der Waals surface area contributed by atoms with E-state index in [1.807, 2.05) is 4.68 Å². The summed E-state index contributed by atoms with van der Waals surface area (Å²) in [5.41, 5.74) is 1.25. The Morgan fingerprint density at radius 2 is 2.10 bits per heavy atom. The Morgan fingerprint density at radius 1 is 1.30 bits per heavy atom. The van der Waals surface area contributed by atoms with Gasteiger partial charge in [-0.2, -0.15) is 15.1 Å². The molecule has 0 bridgehead atoms. The molecule has 3 heterocycles. The number of hydrogen-bond acceptors (Lipinski definition) is 6. The maximum absolute atomic E-state index is 13.6. The number of aryl methyl sites for hydroxylation is 1. The van der Waals surface area contributed by atoms with Gasteiger partial charge in [-0.1, -0.05) is 13.0 Å². The van der Waals surface area contributed by atoms with Crippen LogP contribution in [-0.2, 0) is 17.8 Å². The van der Waals surface area contributed by atoms with Crippen LogP contribution in [-0.4, -0.2) is 51.9 Å². The van der Waals surface area contributed by atoms with Gasteiger partial charge in [0.2, 0.25) is 17.2 Å². The molecule has 3 aromatic rings. The van der Waals surface area contributed by atoms with E-state index >= 15 is 0 Å². The maximum Gasteiger partial charge on any atom is 0.234 e. The molecule has 9 nitrogen and oxygen atoms in total. The van der Waals surface area contributed by atoms with Crippen molar-refractivity contribution < 1.29 is 13.2 Å². The van der Waals surface area contributed by atoms with Crippen molar-refractivity contribution in [1.29, 1.82) is 0 Å². The summed E-state index contributed by atoms with van der Waals surface area (Å²) >= 11 is -1.94. The lowest BCUT2D eigenvalue weighted by Gasteiger charge is -2.29. The molecule has 30 heavy (non-hydrogen) atoms. The molecule has 1 aromatic carbocycles. The van der Waals surface area contributed by atoms with E-state index < -0.39 is 11.3 Å². The molecule has 0 saturated carbocycles. The average molecular weight is 434 g/mol. The van der Waals surface area contributed by atoms with Crippen molar-refractivity contribution in [1.82, 2.24) is 24.1 Å². The van der Waals surface area contributed by atoms with Gasteiger partial charge in [-0.25, -0.2) is 17.6 Å². The average Bonchev–Trinajstić information content (AvgIpc) is 3.12. The van der Waals surface area contributed by atoms with E-state index in [0.717, 1.165) is 18.4 Å². The van der Waals surface area contributed by atoms with Crippen molar-refractivity contribution in [3.63, 3.8) is 0 Å². The Hall–Kier alpha value is -2.63. The van der Waals surface area contributed by atoms with E-state index in [1.165, 1.54) is 16.4 Å². The van der Waals surface area contributed by atoms with Crippen LogP contribution in [0.15, 0.2) is 30.5 Å². The van der Waals surface area contributed by atoms with Crippen LogP contribution in [0.25, 0.3) is 11.0 Å². The molecule has 1 aliphatic heterocycles. The zero-order valence-electron chi connectivity index (χ0n) is 16.6. The molecule has 11 heteroatoms. The standard InChI is InChI=1S/C19H24FN7O2S/c1-2-8-27-18-16(12-21-27)17(22-14-6-9-26(10-7-14)30(28)29)24-19(25-18)23-15-5-3-4-13(20)11-15/h3-5,11-12,14H,2,6-10H2,1H3,(H,28,29)(H2,22,23,24,25). The molecule has 1 saturated heterocycles. The first kappa shape index (κ1) is 20.6. The molecule has 0 amide bonds. The topological polar surface area (TPSA) is 108 Å². The number of nitrogens with zero attached hydrogens (tertiary/aromatic N) is 5. The zero-order chi connectivity index (χ0) is 21.1. The van der Waals surface area contributed by atoms with Gasteiger partial charge in [0.1, 0.15) is 11.6 Å². The van der Waals surface area contributed by atoms with Crippen molar-refractivity contribution in [3.8, 4) is 0 Å².